The number of unbranched alkanes of at least 4 members (excludes halogenated alkanes) is 3. The highest BCUT2D eigenvalue weighted by atomic mass is 32.1. The quantitative estimate of drug-likeness (QED) is 0.454. The molecule has 0 saturated carbocycles. The molecule has 0 aliphatic heterocycles. The van der Waals surface area contributed by atoms with E-state index in [0.29, 0.717) is 13.2 Å². The van der Waals surface area contributed by atoms with Gasteiger partial charge in [0.25, 0.3) is 5.95 Å². The number of carbonyl (C=O) groups excluding carboxylic acids is 1. The summed E-state index contributed by atoms with van der Waals surface area (Å²) in [5.74, 6) is -0.855. The number of nitrogens with one attached hydrogen (secondary N) is 1. The highest BCUT2D eigenvalue weighted by Gasteiger charge is 2.07. The van der Waals surface area contributed by atoms with Gasteiger partial charge in [0, 0.05) is 6.54 Å². The molecule has 0 aliphatic rings. The predicted octanol–water partition coefficient (Wildman–Crippen LogP) is 2.84. The molecule has 1 aromatic rings. The summed E-state index contributed by atoms with van der Waals surface area (Å²) in [6, 6.07) is 0. The Morgan fingerprint density at radius 2 is 2.11 bits per heavy atom. The molecule has 0 spiro atoms. The molecular formula is C12H20FN3O2S. The van der Waals surface area contributed by atoms with Crippen molar-refractivity contribution in [2.45, 2.75) is 46.1 Å². The number of esters is 1. The van der Waals surface area contributed by atoms with Crippen molar-refractivity contribution in [1.29, 1.82) is 0 Å². The van der Waals surface area contributed by atoms with Gasteiger partial charge in [-0.1, -0.05) is 32.5 Å². The van der Waals surface area contributed by atoms with Gasteiger partial charge in [-0.05, 0) is 19.3 Å². The van der Waals surface area contributed by atoms with Crippen LogP contribution < -0.4 is 0 Å². The number of aryl methyl sites for hydroxylation is 1. The Bertz CT molecular complexity index is 456. The zero-order valence-electron chi connectivity index (χ0n) is 11.3. The summed E-state index contributed by atoms with van der Waals surface area (Å²) < 4.78 is 19.5. The van der Waals surface area contributed by atoms with Crippen LogP contribution in [0.3, 0.4) is 0 Å². The van der Waals surface area contributed by atoms with Crippen molar-refractivity contribution in [3.63, 3.8) is 0 Å². The average Bonchev–Trinajstić information content (AvgIpc) is 2.69. The first kappa shape index (κ1) is 15.8. The number of halogens is 1. The molecule has 108 valence electrons. The molecule has 0 unspecified atom stereocenters. The fourth-order valence-electron chi connectivity index (χ4n) is 1.53. The van der Waals surface area contributed by atoms with E-state index in [-0.39, 0.29) is 16.5 Å². The third-order valence-electron chi connectivity index (χ3n) is 2.68. The first-order valence-corrected chi connectivity index (χ1v) is 6.90. The van der Waals surface area contributed by atoms with Crippen molar-refractivity contribution in [2.75, 3.05) is 6.61 Å². The van der Waals surface area contributed by atoms with Crippen molar-refractivity contribution < 1.29 is 13.9 Å². The number of carbonyl (C=O) groups is 1. The van der Waals surface area contributed by atoms with E-state index < -0.39 is 5.95 Å². The molecule has 0 amide bonds. The number of H-pyrrole nitrogens is 1. The Morgan fingerprint density at radius 3 is 2.68 bits per heavy atom. The summed E-state index contributed by atoms with van der Waals surface area (Å²) in [7, 11) is 0. The lowest BCUT2D eigenvalue weighted by molar-refractivity contribution is -0.147. The van der Waals surface area contributed by atoms with Crippen LogP contribution in [0.5, 0.6) is 0 Å². The van der Waals surface area contributed by atoms with Gasteiger partial charge in [-0.15, -0.1) is 5.10 Å². The van der Waals surface area contributed by atoms with E-state index in [1.165, 1.54) is 4.68 Å². The maximum absolute atomic E-state index is 12.8. The third kappa shape index (κ3) is 5.50. The maximum Gasteiger partial charge on any atom is 0.308 e. The van der Waals surface area contributed by atoms with Crippen molar-refractivity contribution in [1.82, 2.24) is 15.0 Å². The van der Waals surface area contributed by atoms with Crippen LogP contribution in [-0.4, -0.2) is 27.6 Å². The molecular weight excluding hydrogens is 269 g/mol. The molecule has 19 heavy (non-hydrogen) atoms. The second-order valence-corrected chi connectivity index (χ2v) is 5.08. The molecule has 1 rings (SSSR count). The number of ether oxygens (including phenoxy) is 1. The first-order chi connectivity index (χ1) is 9.02. The Labute approximate surface area is 117 Å². The predicted molar refractivity (Wildman–Crippen MR) is 71.6 cm³/mol. The Kier molecular flexibility index (Phi) is 6.69. The van der Waals surface area contributed by atoms with E-state index in [1.54, 1.807) is 0 Å². The fraction of sp³-hybridized carbons (Fsp3) is 0.750. The van der Waals surface area contributed by atoms with Crippen LogP contribution in [0.15, 0.2) is 0 Å². The Morgan fingerprint density at radius 1 is 1.42 bits per heavy atom. The second kappa shape index (κ2) is 8.04. The Hall–Kier alpha value is -1.24. The molecule has 1 aromatic heterocycles. The smallest absolute Gasteiger partial charge is 0.308 e. The minimum absolute atomic E-state index is 0.0721. The SMILES string of the molecule is CC(C)C(=O)OCCCCCCn1[nH]nc(F)c1=S. The number of hydrogen-bond acceptors (Lipinski definition) is 4. The van der Waals surface area contributed by atoms with Crippen LogP contribution in [0, 0.1) is 16.5 Å². The summed E-state index contributed by atoms with van der Waals surface area (Å²) in [5, 5.41) is 5.91. The van der Waals surface area contributed by atoms with Crippen LogP contribution in [-0.2, 0) is 16.1 Å². The second-order valence-electron chi connectivity index (χ2n) is 4.70. The summed E-state index contributed by atoms with van der Waals surface area (Å²) >= 11 is 4.84. The summed E-state index contributed by atoms with van der Waals surface area (Å²) in [6.07, 6.45) is 3.67. The van der Waals surface area contributed by atoms with Gasteiger partial charge in [-0.3, -0.25) is 9.48 Å². The summed E-state index contributed by atoms with van der Waals surface area (Å²) in [5.41, 5.74) is 0. The van der Waals surface area contributed by atoms with E-state index in [0.717, 1.165) is 25.7 Å². The molecule has 7 heteroatoms. The normalized spacial score (nSPS) is 10.9. The van der Waals surface area contributed by atoms with Gasteiger partial charge in [0.1, 0.15) is 0 Å². The van der Waals surface area contributed by atoms with Gasteiger partial charge < -0.3 is 4.74 Å². The largest absolute Gasteiger partial charge is 0.465 e. The molecule has 0 bridgehead atoms. The Balaban J connectivity index is 2.04. The van der Waals surface area contributed by atoms with Crippen LogP contribution >= 0.6 is 12.2 Å². The zero-order valence-corrected chi connectivity index (χ0v) is 12.1. The van der Waals surface area contributed by atoms with E-state index in [4.69, 9.17) is 17.0 Å². The van der Waals surface area contributed by atoms with Gasteiger partial charge in [-0.2, -0.15) is 4.39 Å². The van der Waals surface area contributed by atoms with E-state index in [9.17, 15) is 9.18 Å². The lowest BCUT2D eigenvalue weighted by Gasteiger charge is -2.06. The first-order valence-electron chi connectivity index (χ1n) is 6.49. The topological polar surface area (TPSA) is 59.9 Å². The van der Waals surface area contributed by atoms with Crippen LogP contribution in [0.2, 0.25) is 0 Å². The molecule has 5 nitrogen and oxygen atoms in total. The fourth-order valence-corrected chi connectivity index (χ4v) is 1.70. The van der Waals surface area contributed by atoms with Gasteiger partial charge in [-0.25, -0.2) is 5.21 Å². The van der Waals surface area contributed by atoms with Crippen LogP contribution in [0.4, 0.5) is 4.39 Å². The number of nitrogens with zero attached hydrogens (tertiary/aromatic N) is 2. The van der Waals surface area contributed by atoms with E-state index in [2.05, 4.69) is 10.3 Å². The minimum atomic E-state index is -0.629. The van der Waals surface area contributed by atoms with Gasteiger partial charge in [0.15, 0.2) is 4.64 Å². The lowest BCUT2D eigenvalue weighted by Crippen LogP contribution is -2.12. The molecule has 0 saturated heterocycles. The monoisotopic (exact) mass is 289 g/mol. The van der Waals surface area contributed by atoms with Gasteiger partial charge in [0.05, 0.1) is 12.5 Å². The number of rotatable bonds is 8. The average molecular weight is 289 g/mol. The lowest BCUT2D eigenvalue weighted by atomic mass is 10.2. The molecule has 1 N–H and O–H groups in total. The third-order valence-corrected chi connectivity index (χ3v) is 3.07. The van der Waals surface area contributed by atoms with Crippen molar-refractivity contribution in [2.24, 2.45) is 5.92 Å². The molecule has 0 radical (unpaired) electrons. The van der Waals surface area contributed by atoms with Crippen molar-refractivity contribution >= 4 is 18.2 Å². The molecule has 0 aliphatic carbocycles. The summed E-state index contributed by atoms with van der Waals surface area (Å²) in [4.78, 5) is 11.2. The van der Waals surface area contributed by atoms with Crippen molar-refractivity contribution in [3.05, 3.63) is 10.6 Å². The van der Waals surface area contributed by atoms with E-state index in [1.807, 2.05) is 13.8 Å². The number of aromatic amines is 1. The number of hydrogen-bond donors (Lipinski definition) is 1. The highest BCUT2D eigenvalue weighted by Crippen LogP contribution is 2.05. The van der Waals surface area contributed by atoms with Gasteiger partial charge in [0.2, 0.25) is 0 Å². The maximum atomic E-state index is 12.8. The van der Waals surface area contributed by atoms with Gasteiger partial charge >= 0.3 is 5.97 Å². The van der Waals surface area contributed by atoms with E-state index >= 15 is 0 Å². The zero-order chi connectivity index (χ0) is 14.3. The standard InChI is InChI=1S/C12H20FN3O2S/c1-9(2)12(17)18-8-6-4-3-5-7-16-11(19)10(13)14-15-16/h9,15H,3-8H2,1-2H3. The highest BCUT2D eigenvalue weighted by molar-refractivity contribution is 7.71. The van der Waals surface area contributed by atoms with Crippen molar-refractivity contribution in [3.8, 4) is 0 Å². The molecule has 0 atom stereocenters. The van der Waals surface area contributed by atoms with Crippen LogP contribution in [0.1, 0.15) is 39.5 Å². The van der Waals surface area contributed by atoms with Crippen LogP contribution in [0.25, 0.3) is 0 Å². The molecule has 0 aromatic carbocycles. The number of aromatic nitrogens is 3. The summed E-state index contributed by atoms with van der Waals surface area (Å²) in [6.45, 7) is 4.72. The minimum Gasteiger partial charge on any atom is -0.465 e. The molecule has 0 fully saturated rings. The molecule has 1 heterocycles.